The van der Waals surface area contributed by atoms with E-state index >= 15 is 0 Å². The summed E-state index contributed by atoms with van der Waals surface area (Å²) in [5.74, 6) is 0.981. The van der Waals surface area contributed by atoms with E-state index in [2.05, 4.69) is 55.7 Å². The van der Waals surface area contributed by atoms with E-state index < -0.39 is 0 Å². The minimum atomic E-state index is 0.0127. The molecule has 1 aromatic carbocycles. The van der Waals surface area contributed by atoms with E-state index in [0.29, 0.717) is 0 Å². The van der Waals surface area contributed by atoms with Gasteiger partial charge in [-0.1, -0.05) is 55.2 Å². The van der Waals surface area contributed by atoms with E-state index in [-0.39, 0.29) is 10.9 Å². The molecule has 0 bridgehead atoms. The molecule has 0 radical (unpaired) electrons. The van der Waals surface area contributed by atoms with Gasteiger partial charge >= 0.3 is 0 Å². The monoisotopic (exact) mass is 269 g/mol. The normalized spacial score (nSPS) is 13.3. The SMILES string of the molecule is C=C/C=C\C(=C)[S+](C/C=C\C=C/C)c1ccccc1. The summed E-state index contributed by atoms with van der Waals surface area (Å²) < 4.78 is 0. The maximum Gasteiger partial charge on any atom is 0.161 e. The summed E-state index contributed by atoms with van der Waals surface area (Å²) in [6.07, 6.45) is 14.1. The van der Waals surface area contributed by atoms with Crippen molar-refractivity contribution in [1.29, 1.82) is 0 Å². The van der Waals surface area contributed by atoms with E-state index in [1.165, 1.54) is 4.90 Å². The lowest BCUT2D eigenvalue weighted by Crippen LogP contribution is -2.07. The predicted octanol–water partition coefficient (Wildman–Crippen LogP) is 5.05. The van der Waals surface area contributed by atoms with Crippen LogP contribution >= 0.6 is 0 Å². The van der Waals surface area contributed by atoms with Crippen LogP contribution in [0.4, 0.5) is 0 Å². The minimum Gasteiger partial charge on any atom is -0.0991 e. The molecule has 0 nitrogen and oxygen atoms in total. The molecule has 0 saturated carbocycles. The summed E-state index contributed by atoms with van der Waals surface area (Å²) in [5.41, 5.74) is 0. The fourth-order valence-electron chi connectivity index (χ4n) is 1.54. The molecule has 0 spiro atoms. The summed E-state index contributed by atoms with van der Waals surface area (Å²) >= 11 is 0. The third kappa shape index (κ3) is 5.62. The second-order valence-corrected chi connectivity index (χ2v) is 6.00. The van der Waals surface area contributed by atoms with Crippen LogP contribution in [0.15, 0.2) is 95.8 Å². The van der Waals surface area contributed by atoms with Gasteiger partial charge in [0.15, 0.2) is 9.80 Å². The highest BCUT2D eigenvalue weighted by molar-refractivity contribution is 8.00. The van der Waals surface area contributed by atoms with Gasteiger partial charge in [-0.15, -0.1) is 0 Å². The highest BCUT2D eigenvalue weighted by Gasteiger charge is 2.22. The molecule has 0 aliphatic heterocycles. The molecule has 0 heterocycles. The Morgan fingerprint density at radius 3 is 2.53 bits per heavy atom. The zero-order valence-corrected chi connectivity index (χ0v) is 12.3. The van der Waals surface area contributed by atoms with Crippen LogP contribution in [0.25, 0.3) is 0 Å². The third-order valence-corrected chi connectivity index (χ3v) is 4.60. The molecule has 0 N–H and O–H groups in total. The fraction of sp³-hybridized carbons (Fsp3) is 0.111. The summed E-state index contributed by atoms with van der Waals surface area (Å²) in [7, 11) is 0.0127. The van der Waals surface area contributed by atoms with Crippen molar-refractivity contribution in [1.82, 2.24) is 0 Å². The van der Waals surface area contributed by atoms with Gasteiger partial charge in [0.25, 0.3) is 0 Å². The van der Waals surface area contributed by atoms with Gasteiger partial charge in [0.2, 0.25) is 0 Å². The zero-order chi connectivity index (χ0) is 13.9. The highest BCUT2D eigenvalue weighted by Crippen LogP contribution is 2.22. The van der Waals surface area contributed by atoms with Gasteiger partial charge in [-0.3, -0.25) is 0 Å². The smallest absolute Gasteiger partial charge is 0.0991 e. The van der Waals surface area contributed by atoms with Gasteiger partial charge in [0.1, 0.15) is 5.75 Å². The van der Waals surface area contributed by atoms with Gasteiger partial charge < -0.3 is 0 Å². The van der Waals surface area contributed by atoms with Gasteiger partial charge in [0, 0.05) is 0 Å². The van der Waals surface area contributed by atoms with Crippen LogP contribution in [0, 0.1) is 0 Å². The average molecular weight is 269 g/mol. The molecule has 0 aliphatic rings. The first kappa shape index (κ1) is 15.3. The number of allylic oxidation sites excluding steroid dienone is 6. The van der Waals surface area contributed by atoms with Crippen molar-refractivity contribution < 1.29 is 0 Å². The molecule has 19 heavy (non-hydrogen) atoms. The van der Waals surface area contributed by atoms with E-state index in [0.717, 1.165) is 10.7 Å². The number of hydrogen-bond donors (Lipinski definition) is 0. The van der Waals surface area contributed by atoms with Crippen molar-refractivity contribution in [2.75, 3.05) is 5.75 Å². The van der Waals surface area contributed by atoms with Crippen molar-refractivity contribution in [3.63, 3.8) is 0 Å². The average Bonchev–Trinajstić information content (AvgIpc) is 2.46. The lowest BCUT2D eigenvalue weighted by Gasteiger charge is -2.05. The first-order valence-electron chi connectivity index (χ1n) is 6.31. The molecule has 0 fully saturated rings. The molecular weight excluding hydrogens is 248 g/mol. The van der Waals surface area contributed by atoms with Crippen LogP contribution < -0.4 is 0 Å². The minimum absolute atomic E-state index is 0.0127. The van der Waals surface area contributed by atoms with Crippen molar-refractivity contribution >= 4 is 10.9 Å². The zero-order valence-electron chi connectivity index (χ0n) is 11.5. The molecule has 98 valence electrons. The molecule has 0 aliphatic carbocycles. The standard InChI is InChI=1S/C18H21S/c1-4-6-8-12-16-19(17(3)13-7-5-2)18-14-10-9-11-15-18/h4-15H,2-3,16H2,1H3/q+1/b6-4-,12-8-,13-7-. The molecule has 1 unspecified atom stereocenters. The van der Waals surface area contributed by atoms with E-state index in [1.807, 2.05) is 31.2 Å². The van der Waals surface area contributed by atoms with Gasteiger partial charge in [-0.2, -0.15) is 0 Å². The van der Waals surface area contributed by atoms with E-state index in [4.69, 9.17) is 0 Å². The molecular formula is C18H21S+. The Kier molecular flexibility index (Phi) is 7.45. The highest BCUT2D eigenvalue weighted by atomic mass is 32.2. The topological polar surface area (TPSA) is 0 Å². The van der Waals surface area contributed by atoms with Crippen LogP contribution in [-0.2, 0) is 10.9 Å². The number of rotatable bonds is 7. The number of benzene rings is 1. The van der Waals surface area contributed by atoms with Crippen molar-refractivity contribution in [2.24, 2.45) is 0 Å². The molecule has 1 rings (SSSR count). The summed E-state index contributed by atoms with van der Waals surface area (Å²) in [6.45, 7) is 9.92. The van der Waals surface area contributed by atoms with E-state index in [1.54, 1.807) is 6.08 Å². The Bertz CT molecular complexity index is 478. The van der Waals surface area contributed by atoms with Crippen molar-refractivity contribution in [3.8, 4) is 0 Å². The summed E-state index contributed by atoms with van der Waals surface area (Å²) in [4.78, 5) is 2.46. The Balaban J connectivity index is 2.88. The second kappa shape index (κ2) is 9.23. The predicted molar refractivity (Wildman–Crippen MR) is 89.4 cm³/mol. The molecule has 0 saturated heterocycles. The van der Waals surface area contributed by atoms with Gasteiger partial charge in [0.05, 0.1) is 10.9 Å². The first-order chi connectivity index (χ1) is 9.29. The Morgan fingerprint density at radius 1 is 1.16 bits per heavy atom. The molecule has 0 amide bonds. The third-order valence-electron chi connectivity index (χ3n) is 2.46. The lowest BCUT2D eigenvalue weighted by atomic mass is 10.4. The van der Waals surface area contributed by atoms with Crippen molar-refractivity contribution in [2.45, 2.75) is 11.8 Å². The fourth-order valence-corrected chi connectivity index (χ4v) is 3.28. The molecule has 0 aromatic heterocycles. The largest absolute Gasteiger partial charge is 0.161 e. The maximum absolute atomic E-state index is 4.19. The van der Waals surface area contributed by atoms with Crippen LogP contribution in [-0.4, -0.2) is 5.75 Å². The molecule has 1 heteroatoms. The van der Waals surface area contributed by atoms with Crippen molar-refractivity contribution in [3.05, 3.63) is 90.9 Å². The summed E-state index contributed by atoms with van der Waals surface area (Å²) in [6, 6.07) is 10.5. The Morgan fingerprint density at radius 2 is 1.89 bits per heavy atom. The van der Waals surface area contributed by atoms with Crippen LogP contribution in [0.2, 0.25) is 0 Å². The lowest BCUT2D eigenvalue weighted by molar-refractivity contribution is 1.44. The van der Waals surface area contributed by atoms with Crippen LogP contribution in [0.1, 0.15) is 6.92 Å². The maximum atomic E-state index is 4.19. The van der Waals surface area contributed by atoms with Gasteiger partial charge in [-0.05, 0) is 37.8 Å². The van der Waals surface area contributed by atoms with Crippen LogP contribution in [0.5, 0.6) is 0 Å². The Hall–Kier alpha value is -1.73. The second-order valence-electron chi connectivity index (χ2n) is 3.89. The molecule has 1 aromatic rings. The Labute approximate surface area is 119 Å². The summed E-state index contributed by atoms with van der Waals surface area (Å²) in [5, 5.41) is 0. The van der Waals surface area contributed by atoms with Crippen LogP contribution in [0.3, 0.4) is 0 Å². The number of hydrogen-bond acceptors (Lipinski definition) is 0. The quantitative estimate of drug-likeness (QED) is 0.480. The first-order valence-corrected chi connectivity index (χ1v) is 7.70. The van der Waals surface area contributed by atoms with Gasteiger partial charge in [-0.25, -0.2) is 0 Å². The molecule has 1 atom stereocenters. The van der Waals surface area contributed by atoms with E-state index in [9.17, 15) is 0 Å².